The highest BCUT2D eigenvalue weighted by atomic mass is 79.9. The lowest BCUT2D eigenvalue weighted by molar-refractivity contribution is 0.310. The Hall–Kier alpha value is -0.370. The molecule has 0 aromatic carbocycles. The second-order valence-corrected chi connectivity index (χ2v) is 7.77. The maximum atomic E-state index is 12.5. The Morgan fingerprint density at radius 1 is 1.40 bits per heavy atom. The van der Waals surface area contributed by atoms with Crippen LogP contribution in [0.25, 0.3) is 0 Å². The lowest BCUT2D eigenvalue weighted by Crippen LogP contribution is -2.40. The van der Waals surface area contributed by atoms with Gasteiger partial charge in [0.1, 0.15) is 10.7 Å². The Labute approximate surface area is 128 Å². The number of rotatable bonds is 5. The van der Waals surface area contributed by atoms with Crippen LogP contribution >= 0.6 is 15.9 Å². The lowest BCUT2D eigenvalue weighted by atomic mass is 9.87. The molecule has 0 saturated heterocycles. The van der Waals surface area contributed by atoms with Crippen LogP contribution < -0.4 is 10.0 Å². The average molecular weight is 365 g/mol. The summed E-state index contributed by atoms with van der Waals surface area (Å²) < 4.78 is 33.4. The summed E-state index contributed by atoms with van der Waals surface area (Å²) in [5.74, 6) is 0.970. The topological polar surface area (TPSA) is 71.3 Å². The lowest BCUT2D eigenvalue weighted by Gasteiger charge is -2.29. The maximum absolute atomic E-state index is 12.5. The monoisotopic (exact) mass is 364 g/mol. The summed E-state index contributed by atoms with van der Waals surface area (Å²) in [4.78, 5) is 0.181. The van der Waals surface area contributed by atoms with Gasteiger partial charge in [-0.2, -0.15) is 0 Å². The molecule has 20 heavy (non-hydrogen) atoms. The summed E-state index contributed by atoms with van der Waals surface area (Å²) in [7, 11) is -1.76. The van der Waals surface area contributed by atoms with E-state index in [1.807, 2.05) is 0 Å². The van der Waals surface area contributed by atoms with Crippen molar-refractivity contribution in [1.82, 2.24) is 10.0 Å². The Balaban J connectivity index is 2.17. The SMILES string of the molecule is CNCc1cc(S(=O)(=O)NC2CCCCC2C)c(Br)o1. The minimum atomic E-state index is -3.54. The van der Waals surface area contributed by atoms with Gasteiger partial charge in [0.15, 0.2) is 4.67 Å². The zero-order chi connectivity index (χ0) is 14.8. The molecule has 1 aromatic rings. The first-order chi connectivity index (χ1) is 9.44. The summed E-state index contributed by atoms with van der Waals surface area (Å²) in [5.41, 5.74) is 0. The average Bonchev–Trinajstić information content (AvgIpc) is 2.74. The molecule has 7 heteroatoms. The molecule has 2 unspecified atom stereocenters. The molecule has 0 radical (unpaired) electrons. The van der Waals surface area contributed by atoms with E-state index >= 15 is 0 Å². The van der Waals surface area contributed by atoms with E-state index < -0.39 is 10.0 Å². The fourth-order valence-corrected chi connectivity index (χ4v) is 4.97. The molecule has 1 saturated carbocycles. The molecular weight excluding hydrogens is 344 g/mol. The Kier molecular flexibility index (Phi) is 5.28. The smallest absolute Gasteiger partial charge is 0.245 e. The van der Waals surface area contributed by atoms with Crippen LogP contribution in [-0.2, 0) is 16.6 Å². The molecule has 0 spiro atoms. The van der Waals surface area contributed by atoms with Crippen LogP contribution in [0.1, 0.15) is 38.4 Å². The zero-order valence-corrected chi connectivity index (χ0v) is 14.2. The summed E-state index contributed by atoms with van der Waals surface area (Å²) in [6.07, 6.45) is 4.24. The van der Waals surface area contributed by atoms with Gasteiger partial charge in [0, 0.05) is 12.1 Å². The quantitative estimate of drug-likeness (QED) is 0.842. The van der Waals surface area contributed by atoms with Crippen molar-refractivity contribution < 1.29 is 12.8 Å². The maximum Gasteiger partial charge on any atom is 0.245 e. The number of nitrogens with one attached hydrogen (secondary N) is 2. The van der Waals surface area contributed by atoms with Gasteiger partial charge in [0.05, 0.1) is 6.54 Å². The van der Waals surface area contributed by atoms with E-state index in [4.69, 9.17) is 4.42 Å². The Bertz CT molecular complexity index is 556. The van der Waals surface area contributed by atoms with Crippen LogP contribution in [-0.4, -0.2) is 21.5 Å². The van der Waals surface area contributed by atoms with Gasteiger partial charge in [0.25, 0.3) is 0 Å². The first kappa shape index (κ1) is 16.0. The normalized spacial score (nSPS) is 23.9. The molecule has 0 aliphatic heterocycles. The zero-order valence-electron chi connectivity index (χ0n) is 11.8. The van der Waals surface area contributed by atoms with Gasteiger partial charge in [-0.3, -0.25) is 0 Å². The predicted molar refractivity (Wildman–Crippen MR) is 80.9 cm³/mol. The Morgan fingerprint density at radius 2 is 2.10 bits per heavy atom. The van der Waals surface area contributed by atoms with Crippen molar-refractivity contribution in [3.63, 3.8) is 0 Å². The van der Waals surface area contributed by atoms with Crippen LogP contribution in [0, 0.1) is 5.92 Å². The third kappa shape index (κ3) is 3.63. The van der Waals surface area contributed by atoms with Crippen molar-refractivity contribution in [2.75, 3.05) is 7.05 Å². The first-order valence-electron chi connectivity index (χ1n) is 6.89. The molecule has 2 N–H and O–H groups in total. The number of sulfonamides is 1. The molecule has 1 aromatic heterocycles. The molecule has 2 atom stereocenters. The first-order valence-corrected chi connectivity index (χ1v) is 9.17. The third-order valence-electron chi connectivity index (χ3n) is 3.77. The van der Waals surface area contributed by atoms with Crippen molar-refractivity contribution in [2.24, 2.45) is 5.92 Å². The molecule has 1 heterocycles. The predicted octanol–water partition coefficient (Wildman–Crippen LogP) is 2.62. The standard InChI is InChI=1S/C13H21BrN2O3S/c1-9-5-3-4-6-11(9)16-20(17,18)12-7-10(8-15-2)19-13(12)14/h7,9,11,15-16H,3-6,8H2,1-2H3. The largest absolute Gasteiger partial charge is 0.452 e. The molecule has 5 nitrogen and oxygen atoms in total. The second-order valence-electron chi connectivity index (χ2n) is 5.37. The fourth-order valence-electron chi connectivity index (χ4n) is 2.60. The van der Waals surface area contributed by atoms with E-state index in [9.17, 15) is 8.42 Å². The van der Waals surface area contributed by atoms with E-state index in [1.165, 1.54) is 6.42 Å². The minimum Gasteiger partial charge on any atom is -0.452 e. The van der Waals surface area contributed by atoms with E-state index in [0.29, 0.717) is 18.2 Å². The molecule has 0 amide bonds. The molecular formula is C13H21BrN2O3S. The van der Waals surface area contributed by atoms with Gasteiger partial charge in [-0.25, -0.2) is 13.1 Å². The highest BCUT2D eigenvalue weighted by Gasteiger charge is 2.29. The summed E-state index contributed by atoms with van der Waals surface area (Å²) in [6.45, 7) is 2.59. The van der Waals surface area contributed by atoms with E-state index in [2.05, 4.69) is 32.9 Å². The van der Waals surface area contributed by atoms with Gasteiger partial charge in [-0.1, -0.05) is 19.8 Å². The highest BCUT2D eigenvalue weighted by molar-refractivity contribution is 9.10. The minimum absolute atomic E-state index is 0.0169. The van der Waals surface area contributed by atoms with Gasteiger partial charge in [-0.15, -0.1) is 0 Å². The number of halogens is 1. The van der Waals surface area contributed by atoms with Gasteiger partial charge in [-0.05, 0) is 41.7 Å². The van der Waals surface area contributed by atoms with Crippen molar-refractivity contribution in [3.05, 3.63) is 16.5 Å². The highest BCUT2D eigenvalue weighted by Crippen LogP contribution is 2.29. The van der Waals surface area contributed by atoms with Crippen LogP contribution in [0.15, 0.2) is 20.0 Å². The molecule has 1 aliphatic carbocycles. The summed E-state index contributed by atoms with van der Waals surface area (Å²) >= 11 is 3.19. The third-order valence-corrected chi connectivity index (χ3v) is 6.11. The molecule has 1 fully saturated rings. The molecule has 1 aliphatic rings. The van der Waals surface area contributed by atoms with Crippen molar-refractivity contribution in [3.8, 4) is 0 Å². The van der Waals surface area contributed by atoms with E-state index in [0.717, 1.165) is 19.3 Å². The van der Waals surface area contributed by atoms with Crippen molar-refractivity contribution in [2.45, 2.75) is 50.1 Å². The second kappa shape index (κ2) is 6.60. The van der Waals surface area contributed by atoms with Crippen LogP contribution in [0.3, 0.4) is 0 Å². The number of furan rings is 1. The van der Waals surface area contributed by atoms with Crippen molar-refractivity contribution in [1.29, 1.82) is 0 Å². The van der Waals surface area contributed by atoms with Crippen molar-refractivity contribution >= 4 is 26.0 Å². The van der Waals surface area contributed by atoms with Crippen LogP contribution in [0.2, 0.25) is 0 Å². The summed E-state index contributed by atoms with van der Waals surface area (Å²) in [5, 5.41) is 2.93. The fraction of sp³-hybridized carbons (Fsp3) is 0.692. The van der Waals surface area contributed by atoms with Crippen LogP contribution in [0.4, 0.5) is 0 Å². The molecule has 2 rings (SSSR count). The van der Waals surface area contributed by atoms with Gasteiger partial charge < -0.3 is 9.73 Å². The van der Waals surface area contributed by atoms with E-state index in [1.54, 1.807) is 13.1 Å². The Morgan fingerprint density at radius 3 is 2.75 bits per heavy atom. The summed E-state index contributed by atoms with van der Waals surface area (Å²) in [6, 6.07) is 1.58. The van der Waals surface area contributed by atoms with Crippen LogP contribution in [0.5, 0.6) is 0 Å². The number of hydrogen-bond donors (Lipinski definition) is 2. The number of hydrogen-bond acceptors (Lipinski definition) is 4. The van der Waals surface area contributed by atoms with E-state index in [-0.39, 0.29) is 15.6 Å². The molecule has 114 valence electrons. The van der Waals surface area contributed by atoms with Gasteiger partial charge in [0.2, 0.25) is 10.0 Å². The van der Waals surface area contributed by atoms with Gasteiger partial charge >= 0.3 is 0 Å². The molecule has 0 bridgehead atoms.